The number of carbonyl (C=O) groups excluding carboxylic acids is 2. The van der Waals surface area contributed by atoms with Crippen LogP contribution in [0.15, 0.2) is 18.2 Å². The molecule has 2 N–H and O–H groups in total. The third-order valence-electron chi connectivity index (χ3n) is 8.03. The van der Waals surface area contributed by atoms with Crippen LogP contribution in [0.4, 0.5) is 15.0 Å². The summed E-state index contributed by atoms with van der Waals surface area (Å²) in [7, 11) is 2.07. The number of likely N-dealkylation sites (tertiary alicyclic amines) is 1. The normalized spacial score (nSPS) is 25.9. The van der Waals surface area contributed by atoms with Gasteiger partial charge in [-0.2, -0.15) is 0 Å². The van der Waals surface area contributed by atoms with Crippen molar-refractivity contribution in [3.8, 4) is 22.8 Å². The first-order chi connectivity index (χ1) is 18.9. The van der Waals surface area contributed by atoms with E-state index in [-0.39, 0.29) is 70.8 Å². The van der Waals surface area contributed by atoms with Crippen molar-refractivity contribution in [2.75, 3.05) is 51.7 Å². The fraction of sp³-hybridized carbons (Fsp3) is 0.536. The third-order valence-corrected chi connectivity index (χ3v) is 8.38. The number of benzene rings is 1. The molecule has 3 fully saturated rings. The maximum absolute atomic E-state index is 15.0. The second kappa shape index (κ2) is 9.66. The van der Waals surface area contributed by atoms with Crippen LogP contribution in [0, 0.1) is 17.7 Å². The van der Waals surface area contributed by atoms with Crippen LogP contribution in [-0.4, -0.2) is 101 Å². The predicted octanol–water partition coefficient (Wildman–Crippen LogP) is 3.67. The first kappa shape index (κ1) is 26.9. The van der Waals surface area contributed by atoms with Crippen LogP contribution in [0.25, 0.3) is 11.3 Å². The number of piperazine rings is 1. The van der Waals surface area contributed by atoms with E-state index in [0.29, 0.717) is 18.4 Å². The van der Waals surface area contributed by atoms with E-state index < -0.39 is 23.6 Å². The molecule has 40 heavy (non-hydrogen) atoms. The van der Waals surface area contributed by atoms with Gasteiger partial charge in [0.15, 0.2) is 5.75 Å². The molecule has 2 amide bonds. The number of phenolic OH excluding ortho intramolecular Hbond substituents is 1. The number of halogens is 2. The lowest BCUT2D eigenvalue weighted by molar-refractivity contribution is 0.000957. The Morgan fingerprint density at radius 1 is 1.20 bits per heavy atom. The number of piperidine rings is 1. The lowest BCUT2D eigenvalue weighted by Crippen LogP contribution is -2.58. The summed E-state index contributed by atoms with van der Waals surface area (Å²) < 4.78 is 26.7. The van der Waals surface area contributed by atoms with Gasteiger partial charge in [-0.1, -0.05) is 17.7 Å². The van der Waals surface area contributed by atoms with Crippen LogP contribution in [-0.2, 0) is 4.74 Å². The number of rotatable bonds is 3. The molecule has 12 heteroatoms. The molecule has 6 rings (SSSR count). The van der Waals surface area contributed by atoms with Crippen LogP contribution in [0.1, 0.15) is 31.1 Å². The SMILES string of the molecule is CN1C[C@@H]2[C@H](C1)[C@H]2Nc1nc(-c2c(O)cccc2F)c(Cl)c2c1C(=O)N1CCN(C(=O)OC(C)(C)C)C[C@@H]1CO2. The van der Waals surface area contributed by atoms with Gasteiger partial charge < -0.3 is 34.6 Å². The number of amides is 2. The number of hydrogen-bond acceptors (Lipinski definition) is 8. The minimum Gasteiger partial charge on any atom is -0.507 e. The fourth-order valence-corrected chi connectivity index (χ4v) is 6.37. The number of phenols is 1. The van der Waals surface area contributed by atoms with Crippen molar-refractivity contribution in [1.29, 1.82) is 0 Å². The average Bonchev–Trinajstić information content (AvgIpc) is 3.37. The van der Waals surface area contributed by atoms with E-state index in [0.717, 1.165) is 13.1 Å². The summed E-state index contributed by atoms with van der Waals surface area (Å²) in [6.45, 7) is 8.13. The summed E-state index contributed by atoms with van der Waals surface area (Å²) in [6, 6.07) is 3.61. The molecular formula is C28H33ClFN5O5. The van der Waals surface area contributed by atoms with E-state index in [2.05, 4.69) is 22.2 Å². The second-order valence-corrected chi connectivity index (χ2v) is 12.4. The molecule has 4 heterocycles. The Morgan fingerprint density at radius 3 is 2.60 bits per heavy atom. The number of hydrogen-bond donors (Lipinski definition) is 2. The van der Waals surface area contributed by atoms with Crippen molar-refractivity contribution in [2.45, 2.75) is 38.5 Å². The van der Waals surface area contributed by atoms with Gasteiger partial charge in [0.05, 0.1) is 11.6 Å². The Balaban J connectivity index is 1.37. The summed E-state index contributed by atoms with van der Waals surface area (Å²) >= 11 is 6.78. The van der Waals surface area contributed by atoms with Crippen molar-refractivity contribution in [3.63, 3.8) is 0 Å². The lowest BCUT2D eigenvalue weighted by atomic mass is 10.1. The number of fused-ring (bicyclic) bond motifs is 3. The van der Waals surface area contributed by atoms with Crippen molar-refractivity contribution < 1.29 is 28.6 Å². The molecule has 2 saturated heterocycles. The quantitative estimate of drug-likeness (QED) is 0.573. The second-order valence-electron chi connectivity index (χ2n) is 12.1. The van der Waals surface area contributed by atoms with Gasteiger partial charge in [-0.05, 0) is 51.8 Å². The molecule has 0 unspecified atom stereocenters. The minimum absolute atomic E-state index is 0.00972. The van der Waals surface area contributed by atoms with E-state index in [1.807, 2.05) is 0 Å². The van der Waals surface area contributed by atoms with Gasteiger partial charge in [-0.15, -0.1) is 0 Å². The molecule has 2 aromatic rings. The first-order valence-corrected chi connectivity index (χ1v) is 13.9. The summed E-state index contributed by atoms with van der Waals surface area (Å²) in [5, 5.41) is 13.9. The zero-order chi connectivity index (χ0) is 28.5. The highest BCUT2D eigenvalue weighted by molar-refractivity contribution is 6.35. The first-order valence-electron chi connectivity index (χ1n) is 13.5. The van der Waals surface area contributed by atoms with Gasteiger partial charge in [-0.3, -0.25) is 4.79 Å². The highest BCUT2D eigenvalue weighted by atomic mass is 35.5. The van der Waals surface area contributed by atoms with E-state index in [4.69, 9.17) is 21.1 Å². The number of aromatic nitrogens is 1. The number of nitrogens with zero attached hydrogens (tertiary/aromatic N) is 4. The van der Waals surface area contributed by atoms with Crippen molar-refractivity contribution in [3.05, 3.63) is 34.6 Å². The number of aromatic hydroxyl groups is 1. The zero-order valence-electron chi connectivity index (χ0n) is 22.9. The molecule has 0 bridgehead atoms. The van der Waals surface area contributed by atoms with E-state index in [1.54, 1.807) is 30.6 Å². The predicted molar refractivity (Wildman–Crippen MR) is 146 cm³/mol. The van der Waals surface area contributed by atoms with Crippen LogP contribution in [0.5, 0.6) is 11.5 Å². The Kier molecular flexibility index (Phi) is 6.49. The summed E-state index contributed by atoms with van der Waals surface area (Å²) in [5.41, 5.74) is -0.645. The van der Waals surface area contributed by atoms with Gasteiger partial charge in [0.1, 0.15) is 45.9 Å². The van der Waals surface area contributed by atoms with E-state index in [9.17, 15) is 19.1 Å². The average molecular weight is 574 g/mol. The Morgan fingerprint density at radius 2 is 1.93 bits per heavy atom. The Labute approximate surface area is 237 Å². The van der Waals surface area contributed by atoms with Crippen LogP contribution in [0.2, 0.25) is 5.02 Å². The molecule has 0 radical (unpaired) electrons. The van der Waals surface area contributed by atoms with Crippen molar-refractivity contribution in [2.24, 2.45) is 11.8 Å². The highest BCUT2D eigenvalue weighted by Crippen LogP contribution is 2.50. The molecule has 1 aromatic carbocycles. The largest absolute Gasteiger partial charge is 0.507 e. The maximum Gasteiger partial charge on any atom is 0.410 e. The fourth-order valence-electron chi connectivity index (χ4n) is 6.08. The molecule has 1 saturated carbocycles. The van der Waals surface area contributed by atoms with Crippen molar-refractivity contribution >= 4 is 29.4 Å². The lowest BCUT2D eigenvalue weighted by Gasteiger charge is -2.40. The van der Waals surface area contributed by atoms with Crippen LogP contribution in [0.3, 0.4) is 0 Å². The molecule has 1 aromatic heterocycles. The topological polar surface area (TPSA) is 107 Å². The maximum atomic E-state index is 15.0. The molecule has 4 aliphatic rings. The molecule has 0 spiro atoms. The molecule has 3 aliphatic heterocycles. The molecule has 10 nitrogen and oxygen atoms in total. The van der Waals surface area contributed by atoms with Gasteiger partial charge >= 0.3 is 6.09 Å². The number of nitrogens with one attached hydrogen (secondary N) is 1. The van der Waals surface area contributed by atoms with Crippen LogP contribution >= 0.6 is 11.6 Å². The van der Waals surface area contributed by atoms with Gasteiger partial charge in [0.25, 0.3) is 5.91 Å². The summed E-state index contributed by atoms with van der Waals surface area (Å²) in [5.74, 6) is -0.190. The standard InChI is InChI=1S/C28H33ClFN5O5/c1-28(2,3)40-27(38)34-8-9-35-14(10-34)13-39-24-20(26(35)37)25(31-22-15-11-33(4)12-16(15)22)32-23(21(24)29)19-17(30)6-5-7-18(19)36/h5-7,14-16,22,36H,8-13H2,1-4H3,(H,31,32)/t14-,15-,16+,22+/m1/s1. The van der Waals surface area contributed by atoms with E-state index in [1.165, 1.54) is 18.2 Å². The molecular weight excluding hydrogens is 541 g/mol. The smallest absolute Gasteiger partial charge is 0.410 e. The van der Waals surface area contributed by atoms with E-state index >= 15 is 0 Å². The number of ether oxygens (including phenoxy) is 2. The Hall–Kier alpha value is -3.31. The summed E-state index contributed by atoms with van der Waals surface area (Å²) in [4.78, 5) is 37.0. The molecule has 4 atom stereocenters. The highest BCUT2D eigenvalue weighted by Gasteiger charge is 2.55. The molecule has 1 aliphatic carbocycles. The van der Waals surface area contributed by atoms with Crippen molar-refractivity contribution in [1.82, 2.24) is 19.7 Å². The number of pyridine rings is 1. The number of anilines is 1. The van der Waals surface area contributed by atoms with Gasteiger partial charge in [-0.25, -0.2) is 14.2 Å². The van der Waals surface area contributed by atoms with Gasteiger partial charge in [0.2, 0.25) is 0 Å². The Bertz CT molecular complexity index is 1350. The number of carbonyl (C=O) groups is 2. The summed E-state index contributed by atoms with van der Waals surface area (Å²) in [6.07, 6.45) is -0.453. The third kappa shape index (κ3) is 4.68. The molecule has 214 valence electrons. The van der Waals surface area contributed by atoms with Gasteiger partial charge in [0, 0.05) is 38.8 Å². The zero-order valence-corrected chi connectivity index (χ0v) is 23.7. The minimum atomic E-state index is -0.699. The monoisotopic (exact) mass is 573 g/mol. The van der Waals surface area contributed by atoms with Crippen LogP contribution < -0.4 is 10.1 Å².